The fourth-order valence-corrected chi connectivity index (χ4v) is 3.28. The highest BCUT2D eigenvalue weighted by Gasteiger charge is 2.32. The van der Waals surface area contributed by atoms with Crippen molar-refractivity contribution >= 4 is 21.6 Å². The van der Waals surface area contributed by atoms with Crippen molar-refractivity contribution in [2.45, 2.75) is 44.5 Å². The van der Waals surface area contributed by atoms with Gasteiger partial charge in [-0.25, -0.2) is 8.42 Å². The van der Waals surface area contributed by atoms with E-state index in [1.165, 1.54) is 10.5 Å². The highest BCUT2D eigenvalue weighted by Crippen LogP contribution is 2.27. The van der Waals surface area contributed by atoms with E-state index in [4.69, 9.17) is 11.6 Å². The summed E-state index contributed by atoms with van der Waals surface area (Å²) in [4.78, 5) is 3.12. The van der Waals surface area contributed by atoms with Gasteiger partial charge in [-0.3, -0.25) is 0 Å². The average Bonchev–Trinajstić information content (AvgIpc) is 2.74. The Hall–Kier alpha value is -0.520. The van der Waals surface area contributed by atoms with Crippen LogP contribution in [-0.4, -0.2) is 30.8 Å². The molecule has 0 spiro atoms. The minimum atomic E-state index is -3.47. The van der Waals surface area contributed by atoms with E-state index in [-0.39, 0.29) is 22.2 Å². The lowest BCUT2D eigenvalue weighted by Crippen LogP contribution is -2.42. The molecule has 1 aromatic rings. The van der Waals surface area contributed by atoms with Crippen LogP contribution in [0.2, 0.25) is 0 Å². The van der Waals surface area contributed by atoms with Gasteiger partial charge in [0, 0.05) is 25.0 Å². The summed E-state index contributed by atoms with van der Waals surface area (Å²) >= 11 is 5.67. The summed E-state index contributed by atoms with van der Waals surface area (Å²) in [5, 5.41) is 0. The average molecular weight is 293 g/mol. The van der Waals surface area contributed by atoms with Crippen LogP contribution in [-0.2, 0) is 15.9 Å². The quantitative estimate of drug-likeness (QED) is 0.868. The van der Waals surface area contributed by atoms with Crippen molar-refractivity contribution < 1.29 is 8.42 Å². The molecule has 1 atom stereocenters. The second-order valence-electron chi connectivity index (χ2n) is 5.56. The molecular formula is C12H21ClN2O2S. The van der Waals surface area contributed by atoms with Gasteiger partial charge in [0.25, 0.3) is 0 Å². The van der Waals surface area contributed by atoms with E-state index in [1.807, 2.05) is 27.7 Å². The molecule has 0 aliphatic heterocycles. The topological polar surface area (TPSA) is 53.2 Å². The van der Waals surface area contributed by atoms with Gasteiger partial charge in [0.15, 0.2) is 0 Å². The number of hydrogen-bond acceptors (Lipinski definition) is 2. The molecule has 0 radical (unpaired) electrons. The van der Waals surface area contributed by atoms with Gasteiger partial charge in [0.05, 0.1) is 10.8 Å². The first kappa shape index (κ1) is 15.5. The third kappa shape index (κ3) is 3.08. The SMILES string of the molecule is CC(N(C)S(=O)(=O)c1c[nH]c(CCl)c1)C(C)(C)C. The van der Waals surface area contributed by atoms with Gasteiger partial charge in [-0.2, -0.15) is 4.31 Å². The van der Waals surface area contributed by atoms with Crippen LogP contribution in [0.3, 0.4) is 0 Å². The van der Waals surface area contributed by atoms with E-state index < -0.39 is 10.0 Å². The molecule has 0 aliphatic carbocycles. The molecule has 18 heavy (non-hydrogen) atoms. The molecule has 1 rings (SSSR count). The number of aromatic amines is 1. The van der Waals surface area contributed by atoms with Crippen LogP contribution in [0.5, 0.6) is 0 Å². The lowest BCUT2D eigenvalue weighted by atomic mass is 9.88. The zero-order chi connectivity index (χ0) is 14.1. The fraction of sp³-hybridized carbons (Fsp3) is 0.667. The maximum absolute atomic E-state index is 12.4. The molecule has 1 heterocycles. The first-order valence-corrected chi connectivity index (χ1v) is 7.79. The van der Waals surface area contributed by atoms with E-state index in [2.05, 4.69) is 4.98 Å². The Morgan fingerprint density at radius 3 is 2.39 bits per heavy atom. The molecule has 0 amide bonds. The summed E-state index contributed by atoms with van der Waals surface area (Å²) in [5.41, 5.74) is 0.583. The van der Waals surface area contributed by atoms with Crippen LogP contribution in [0.25, 0.3) is 0 Å². The van der Waals surface area contributed by atoms with E-state index in [0.29, 0.717) is 5.69 Å². The largest absolute Gasteiger partial charge is 0.363 e. The smallest absolute Gasteiger partial charge is 0.244 e. The second kappa shape index (κ2) is 5.23. The van der Waals surface area contributed by atoms with Crippen molar-refractivity contribution in [3.8, 4) is 0 Å². The highest BCUT2D eigenvalue weighted by molar-refractivity contribution is 7.89. The number of nitrogens with zero attached hydrogens (tertiary/aromatic N) is 1. The minimum absolute atomic E-state index is 0.100. The Bertz CT molecular complexity index is 502. The highest BCUT2D eigenvalue weighted by atomic mass is 35.5. The van der Waals surface area contributed by atoms with Crippen molar-refractivity contribution in [3.63, 3.8) is 0 Å². The van der Waals surface area contributed by atoms with Gasteiger partial charge >= 0.3 is 0 Å². The normalized spacial score (nSPS) is 15.1. The predicted molar refractivity (Wildman–Crippen MR) is 74.2 cm³/mol. The first-order chi connectivity index (χ1) is 8.10. The second-order valence-corrected chi connectivity index (χ2v) is 7.82. The summed E-state index contributed by atoms with van der Waals surface area (Å²) in [6.45, 7) is 7.97. The maximum Gasteiger partial charge on any atom is 0.244 e. The third-order valence-electron chi connectivity index (χ3n) is 3.34. The Kier molecular flexibility index (Phi) is 4.51. The number of alkyl halides is 1. The number of hydrogen-bond donors (Lipinski definition) is 1. The summed E-state index contributed by atoms with van der Waals surface area (Å²) in [6, 6.07) is 1.48. The number of H-pyrrole nitrogens is 1. The molecule has 1 aromatic heterocycles. The maximum atomic E-state index is 12.4. The van der Waals surface area contributed by atoms with Crippen molar-refractivity contribution in [3.05, 3.63) is 18.0 Å². The monoisotopic (exact) mass is 292 g/mol. The lowest BCUT2D eigenvalue weighted by Gasteiger charge is -2.34. The van der Waals surface area contributed by atoms with Crippen LogP contribution < -0.4 is 0 Å². The Labute approximate surface area is 114 Å². The van der Waals surface area contributed by atoms with Crippen LogP contribution >= 0.6 is 11.6 Å². The van der Waals surface area contributed by atoms with E-state index >= 15 is 0 Å². The zero-order valence-electron chi connectivity index (χ0n) is 11.5. The Balaban J connectivity index is 3.07. The molecule has 1 N–H and O–H groups in total. The summed E-state index contributed by atoms with van der Waals surface area (Å²) < 4.78 is 26.2. The number of halogens is 1. The summed E-state index contributed by atoms with van der Waals surface area (Å²) in [5.74, 6) is 0.272. The number of sulfonamides is 1. The molecule has 0 aromatic carbocycles. The Morgan fingerprint density at radius 2 is 2.00 bits per heavy atom. The molecule has 104 valence electrons. The predicted octanol–water partition coefficient (Wildman–Crippen LogP) is 2.81. The van der Waals surface area contributed by atoms with Crippen LogP contribution in [0.4, 0.5) is 0 Å². The van der Waals surface area contributed by atoms with Gasteiger partial charge in [0.1, 0.15) is 0 Å². The number of nitrogens with one attached hydrogen (secondary N) is 1. The standard InChI is InChI=1S/C12H21ClN2O2S/c1-9(12(2,3)4)15(5)18(16,17)11-6-10(7-13)14-8-11/h6,8-9,14H,7H2,1-5H3. The minimum Gasteiger partial charge on any atom is -0.363 e. The Morgan fingerprint density at radius 1 is 1.44 bits per heavy atom. The number of rotatable bonds is 4. The zero-order valence-corrected chi connectivity index (χ0v) is 13.1. The molecule has 0 fully saturated rings. The molecule has 1 unspecified atom stereocenters. The van der Waals surface area contributed by atoms with Gasteiger partial charge in [-0.1, -0.05) is 20.8 Å². The van der Waals surface area contributed by atoms with Gasteiger partial charge in [0.2, 0.25) is 10.0 Å². The molecule has 0 saturated carbocycles. The van der Waals surface area contributed by atoms with Crippen LogP contribution in [0.15, 0.2) is 17.2 Å². The summed E-state index contributed by atoms with van der Waals surface area (Å²) in [6.07, 6.45) is 1.49. The van der Waals surface area contributed by atoms with Crippen LogP contribution in [0, 0.1) is 5.41 Å². The molecule has 0 bridgehead atoms. The number of aromatic nitrogens is 1. The van der Waals surface area contributed by atoms with Crippen molar-refractivity contribution in [1.82, 2.24) is 9.29 Å². The first-order valence-electron chi connectivity index (χ1n) is 5.82. The summed E-state index contributed by atoms with van der Waals surface area (Å²) in [7, 11) is -1.86. The van der Waals surface area contributed by atoms with Crippen molar-refractivity contribution in [2.75, 3.05) is 7.05 Å². The van der Waals surface area contributed by atoms with Gasteiger partial charge in [-0.05, 0) is 18.4 Å². The third-order valence-corrected chi connectivity index (χ3v) is 5.53. The van der Waals surface area contributed by atoms with E-state index in [9.17, 15) is 8.42 Å². The molecule has 0 aliphatic rings. The molecular weight excluding hydrogens is 272 g/mol. The van der Waals surface area contributed by atoms with Crippen molar-refractivity contribution in [1.29, 1.82) is 0 Å². The lowest BCUT2D eigenvalue weighted by molar-refractivity contribution is 0.216. The van der Waals surface area contributed by atoms with Crippen molar-refractivity contribution in [2.24, 2.45) is 5.41 Å². The molecule has 0 saturated heterocycles. The van der Waals surface area contributed by atoms with Crippen LogP contribution in [0.1, 0.15) is 33.4 Å². The van der Waals surface area contributed by atoms with Gasteiger partial charge in [-0.15, -0.1) is 11.6 Å². The van der Waals surface area contributed by atoms with E-state index in [1.54, 1.807) is 13.1 Å². The fourth-order valence-electron chi connectivity index (χ4n) is 1.56. The molecule has 6 heteroatoms. The molecule has 4 nitrogen and oxygen atoms in total. The van der Waals surface area contributed by atoms with Gasteiger partial charge < -0.3 is 4.98 Å². The van der Waals surface area contributed by atoms with E-state index in [0.717, 1.165) is 0 Å².